The fourth-order valence-corrected chi connectivity index (χ4v) is 1.74. The molecule has 0 aliphatic rings. The van der Waals surface area contributed by atoms with Gasteiger partial charge in [-0.15, -0.1) is 10.2 Å². The smallest absolute Gasteiger partial charge is 0.249 e. The fraction of sp³-hybridized carbons (Fsp3) is 0.154. The van der Waals surface area contributed by atoms with Crippen LogP contribution in [0.25, 0.3) is 11.5 Å². The monoisotopic (exact) mass is 256 g/mol. The molecule has 6 heteroatoms. The minimum absolute atomic E-state index is 0.498. The van der Waals surface area contributed by atoms with Gasteiger partial charge in [-0.1, -0.05) is 12.1 Å². The maximum atomic E-state index is 5.45. The predicted octanol–water partition coefficient (Wildman–Crippen LogP) is 2.65. The molecule has 0 saturated carbocycles. The van der Waals surface area contributed by atoms with Crippen LogP contribution in [0.4, 0.5) is 5.69 Å². The molecule has 19 heavy (non-hydrogen) atoms. The summed E-state index contributed by atoms with van der Waals surface area (Å²) in [5.41, 5.74) is 1.77. The lowest BCUT2D eigenvalue weighted by Crippen LogP contribution is -1.99. The van der Waals surface area contributed by atoms with Crippen LogP contribution in [-0.2, 0) is 6.54 Å². The number of para-hydroxylation sites is 1. The van der Waals surface area contributed by atoms with E-state index in [0.29, 0.717) is 18.3 Å². The van der Waals surface area contributed by atoms with E-state index in [-0.39, 0.29) is 0 Å². The molecule has 1 N–H and O–H groups in total. The van der Waals surface area contributed by atoms with Crippen molar-refractivity contribution in [1.82, 2.24) is 15.2 Å². The van der Waals surface area contributed by atoms with Gasteiger partial charge in [0.15, 0.2) is 6.39 Å². The van der Waals surface area contributed by atoms with Gasteiger partial charge < -0.3 is 14.2 Å². The Hall–Kier alpha value is -2.63. The number of nitrogens with zero attached hydrogens (tertiary/aromatic N) is 3. The summed E-state index contributed by atoms with van der Waals surface area (Å²) >= 11 is 0. The summed E-state index contributed by atoms with van der Waals surface area (Å²) in [6.07, 6.45) is 3.08. The number of rotatable bonds is 4. The molecule has 0 fully saturated rings. The van der Waals surface area contributed by atoms with E-state index in [4.69, 9.17) is 8.83 Å². The van der Waals surface area contributed by atoms with Crippen LogP contribution in [0.15, 0.2) is 45.7 Å². The number of oxazole rings is 1. The second-order valence-corrected chi connectivity index (χ2v) is 3.99. The first-order valence-electron chi connectivity index (χ1n) is 5.83. The van der Waals surface area contributed by atoms with E-state index < -0.39 is 0 Å². The molecule has 0 aliphatic heterocycles. The predicted molar refractivity (Wildman–Crippen MR) is 68.3 cm³/mol. The molecule has 6 nitrogen and oxygen atoms in total. The lowest BCUT2D eigenvalue weighted by molar-refractivity contribution is 0.511. The van der Waals surface area contributed by atoms with Crippen LogP contribution in [0.5, 0.6) is 0 Å². The first-order valence-corrected chi connectivity index (χ1v) is 5.83. The molecule has 0 bridgehead atoms. The van der Waals surface area contributed by atoms with Crippen LogP contribution < -0.4 is 5.32 Å². The molecule has 0 spiro atoms. The number of hydrogen-bond donors (Lipinski definition) is 1. The number of benzene rings is 1. The molecule has 1 aromatic carbocycles. The standard InChI is InChI=1S/C13H12N4O2/c1-9-16-17-13(19-9)11-4-2-3-5-12(11)15-7-10-6-14-8-18-10/h2-6,8,15H,7H2,1H3. The van der Waals surface area contributed by atoms with Crippen molar-refractivity contribution >= 4 is 5.69 Å². The maximum absolute atomic E-state index is 5.45. The van der Waals surface area contributed by atoms with Crippen LogP contribution >= 0.6 is 0 Å². The zero-order chi connectivity index (χ0) is 13.1. The normalized spacial score (nSPS) is 10.6. The van der Waals surface area contributed by atoms with E-state index in [1.54, 1.807) is 13.1 Å². The lowest BCUT2D eigenvalue weighted by Gasteiger charge is -2.07. The van der Waals surface area contributed by atoms with Crippen molar-refractivity contribution in [1.29, 1.82) is 0 Å². The van der Waals surface area contributed by atoms with Crippen molar-refractivity contribution in [3.63, 3.8) is 0 Å². The third-order valence-corrected chi connectivity index (χ3v) is 2.62. The third kappa shape index (κ3) is 2.47. The molecule has 0 unspecified atom stereocenters. The Balaban J connectivity index is 1.85. The maximum Gasteiger partial charge on any atom is 0.249 e. The largest absolute Gasteiger partial charge is 0.447 e. The number of aryl methyl sites for hydroxylation is 1. The number of nitrogens with one attached hydrogen (secondary N) is 1. The summed E-state index contributed by atoms with van der Waals surface area (Å²) in [5, 5.41) is 11.1. The summed E-state index contributed by atoms with van der Waals surface area (Å²) < 4.78 is 10.6. The quantitative estimate of drug-likeness (QED) is 0.773. The van der Waals surface area contributed by atoms with Gasteiger partial charge in [0.1, 0.15) is 5.76 Å². The van der Waals surface area contributed by atoms with Gasteiger partial charge in [0.25, 0.3) is 0 Å². The van der Waals surface area contributed by atoms with E-state index in [9.17, 15) is 0 Å². The summed E-state index contributed by atoms with van der Waals surface area (Å²) in [4.78, 5) is 3.87. The second kappa shape index (κ2) is 4.93. The number of hydrogen-bond acceptors (Lipinski definition) is 6. The topological polar surface area (TPSA) is 77.0 Å². The van der Waals surface area contributed by atoms with Gasteiger partial charge in [-0.2, -0.15) is 0 Å². The van der Waals surface area contributed by atoms with Gasteiger partial charge in [0.05, 0.1) is 18.3 Å². The zero-order valence-electron chi connectivity index (χ0n) is 10.3. The Bertz CT molecular complexity index is 661. The first-order chi connectivity index (χ1) is 9.33. The first kappa shape index (κ1) is 11.5. The van der Waals surface area contributed by atoms with E-state index >= 15 is 0 Å². The van der Waals surface area contributed by atoms with Crippen molar-refractivity contribution < 1.29 is 8.83 Å². The number of aromatic nitrogens is 3. The molecular weight excluding hydrogens is 244 g/mol. The number of anilines is 1. The average molecular weight is 256 g/mol. The van der Waals surface area contributed by atoms with E-state index in [1.165, 1.54) is 6.39 Å². The van der Waals surface area contributed by atoms with E-state index in [0.717, 1.165) is 17.0 Å². The molecular formula is C13H12N4O2. The van der Waals surface area contributed by atoms with Crippen molar-refractivity contribution in [3.8, 4) is 11.5 Å². The SMILES string of the molecule is Cc1nnc(-c2ccccc2NCc2cnco2)o1. The van der Waals surface area contributed by atoms with Crippen molar-refractivity contribution in [2.45, 2.75) is 13.5 Å². The molecule has 0 radical (unpaired) electrons. The highest BCUT2D eigenvalue weighted by atomic mass is 16.4. The molecule has 3 aromatic rings. The van der Waals surface area contributed by atoms with E-state index in [1.807, 2.05) is 24.3 Å². The zero-order valence-corrected chi connectivity index (χ0v) is 10.3. The van der Waals surface area contributed by atoms with Gasteiger partial charge in [-0.05, 0) is 12.1 Å². The van der Waals surface area contributed by atoms with Gasteiger partial charge in [0, 0.05) is 12.6 Å². The third-order valence-electron chi connectivity index (χ3n) is 2.62. The highest BCUT2D eigenvalue weighted by molar-refractivity contribution is 5.72. The summed E-state index contributed by atoms with van der Waals surface area (Å²) in [6, 6.07) is 7.74. The van der Waals surface area contributed by atoms with Gasteiger partial charge >= 0.3 is 0 Å². The molecule has 0 saturated heterocycles. The van der Waals surface area contributed by atoms with Crippen LogP contribution in [0, 0.1) is 6.92 Å². The molecule has 0 atom stereocenters. The van der Waals surface area contributed by atoms with Crippen LogP contribution in [0.3, 0.4) is 0 Å². The van der Waals surface area contributed by atoms with Crippen LogP contribution in [-0.4, -0.2) is 15.2 Å². The van der Waals surface area contributed by atoms with Gasteiger partial charge in [-0.3, -0.25) is 0 Å². The summed E-state index contributed by atoms with van der Waals surface area (Å²) in [7, 11) is 0. The summed E-state index contributed by atoms with van der Waals surface area (Å²) in [5.74, 6) is 1.80. The Kier molecular flexibility index (Phi) is 2.97. The average Bonchev–Trinajstić information content (AvgIpc) is 3.08. The van der Waals surface area contributed by atoms with Crippen molar-refractivity contribution in [2.24, 2.45) is 0 Å². The highest BCUT2D eigenvalue weighted by Crippen LogP contribution is 2.26. The Morgan fingerprint density at radius 2 is 2.11 bits per heavy atom. The second-order valence-electron chi connectivity index (χ2n) is 3.99. The van der Waals surface area contributed by atoms with Crippen LogP contribution in [0.2, 0.25) is 0 Å². The molecule has 3 rings (SSSR count). The lowest BCUT2D eigenvalue weighted by atomic mass is 10.1. The molecule has 0 amide bonds. The fourth-order valence-electron chi connectivity index (χ4n) is 1.74. The molecule has 0 aliphatic carbocycles. The van der Waals surface area contributed by atoms with Crippen LogP contribution in [0.1, 0.15) is 11.7 Å². The highest BCUT2D eigenvalue weighted by Gasteiger charge is 2.10. The van der Waals surface area contributed by atoms with Crippen molar-refractivity contribution in [2.75, 3.05) is 5.32 Å². The van der Waals surface area contributed by atoms with Crippen molar-refractivity contribution in [3.05, 3.63) is 48.5 Å². The Morgan fingerprint density at radius 3 is 2.84 bits per heavy atom. The molecule has 96 valence electrons. The molecule has 2 heterocycles. The minimum Gasteiger partial charge on any atom is -0.447 e. The Labute approximate surface area is 109 Å². The van der Waals surface area contributed by atoms with Gasteiger partial charge in [-0.25, -0.2) is 4.98 Å². The van der Waals surface area contributed by atoms with Gasteiger partial charge in [0.2, 0.25) is 11.8 Å². The molecule has 2 aromatic heterocycles. The Morgan fingerprint density at radius 1 is 1.21 bits per heavy atom. The minimum atomic E-state index is 0.498. The van der Waals surface area contributed by atoms with E-state index in [2.05, 4.69) is 20.5 Å². The summed E-state index contributed by atoms with van der Waals surface area (Å²) in [6.45, 7) is 2.31.